The summed E-state index contributed by atoms with van der Waals surface area (Å²) in [6.07, 6.45) is 2.01. The molecule has 3 rings (SSSR count). The van der Waals surface area contributed by atoms with E-state index in [9.17, 15) is 18.4 Å². The number of hydrogen-bond acceptors (Lipinski definition) is 3. The number of carbonyl (C=O) groups is 2. The molecule has 0 spiro atoms. The van der Waals surface area contributed by atoms with Crippen LogP contribution < -0.4 is 21.3 Å². The van der Waals surface area contributed by atoms with Crippen LogP contribution in [0, 0.1) is 11.6 Å². The van der Waals surface area contributed by atoms with Crippen molar-refractivity contribution in [3.8, 4) is 0 Å². The van der Waals surface area contributed by atoms with Crippen LogP contribution >= 0.6 is 0 Å². The zero-order chi connectivity index (χ0) is 19.4. The molecule has 0 saturated heterocycles. The third-order valence-electron chi connectivity index (χ3n) is 4.04. The molecule has 1 fully saturated rings. The van der Waals surface area contributed by atoms with E-state index < -0.39 is 29.3 Å². The van der Waals surface area contributed by atoms with Crippen LogP contribution in [0.2, 0.25) is 0 Å². The number of benzene rings is 2. The van der Waals surface area contributed by atoms with E-state index in [1.165, 1.54) is 6.07 Å². The number of halogens is 2. The van der Waals surface area contributed by atoms with Gasteiger partial charge in [0.25, 0.3) is 0 Å². The lowest BCUT2D eigenvalue weighted by Gasteiger charge is -2.16. The van der Waals surface area contributed by atoms with Crippen molar-refractivity contribution in [2.75, 3.05) is 16.0 Å². The molecule has 0 aliphatic heterocycles. The lowest BCUT2D eigenvalue weighted by Crippen LogP contribution is -2.32. The van der Waals surface area contributed by atoms with E-state index >= 15 is 0 Å². The summed E-state index contributed by atoms with van der Waals surface area (Å²) in [5, 5.41) is 10.7. The molecule has 0 aromatic heterocycles. The smallest absolute Gasteiger partial charge is 0.319 e. The lowest BCUT2D eigenvalue weighted by molar-refractivity contribution is -0.116. The Morgan fingerprint density at radius 1 is 0.963 bits per heavy atom. The number of urea groups is 1. The molecule has 2 aromatic carbocycles. The molecule has 27 heavy (non-hydrogen) atoms. The summed E-state index contributed by atoms with van der Waals surface area (Å²) in [6.45, 7) is 1.57. The minimum Gasteiger partial charge on any atom is -0.374 e. The van der Waals surface area contributed by atoms with Gasteiger partial charge in [-0.3, -0.25) is 4.79 Å². The fraction of sp³-hybridized carbons (Fsp3) is 0.263. The first-order valence-electron chi connectivity index (χ1n) is 8.61. The highest BCUT2D eigenvalue weighted by molar-refractivity contribution is 5.96. The summed E-state index contributed by atoms with van der Waals surface area (Å²) in [5.74, 6) is -2.25. The quantitative estimate of drug-likeness (QED) is 0.622. The fourth-order valence-electron chi connectivity index (χ4n) is 2.39. The molecular formula is C19H20F2N4O2. The van der Waals surface area contributed by atoms with Gasteiger partial charge in [0.15, 0.2) is 0 Å². The molecule has 1 saturated carbocycles. The molecule has 0 bridgehead atoms. The molecule has 8 heteroatoms. The van der Waals surface area contributed by atoms with E-state index in [0.29, 0.717) is 11.4 Å². The van der Waals surface area contributed by atoms with Crippen molar-refractivity contribution in [2.45, 2.75) is 31.8 Å². The lowest BCUT2D eigenvalue weighted by atomic mass is 10.2. The molecule has 1 atom stereocenters. The molecule has 2 aromatic rings. The average molecular weight is 374 g/mol. The van der Waals surface area contributed by atoms with Gasteiger partial charge in [-0.25, -0.2) is 13.6 Å². The average Bonchev–Trinajstić information content (AvgIpc) is 3.43. The summed E-state index contributed by atoms with van der Waals surface area (Å²) < 4.78 is 27.2. The van der Waals surface area contributed by atoms with Crippen molar-refractivity contribution in [3.63, 3.8) is 0 Å². The highest BCUT2D eigenvalue weighted by atomic mass is 19.1. The Morgan fingerprint density at radius 2 is 1.56 bits per heavy atom. The van der Waals surface area contributed by atoms with Gasteiger partial charge in [0.1, 0.15) is 23.4 Å². The number of rotatable bonds is 6. The Labute approximate surface area is 155 Å². The van der Waals surface area contributed by atoms with Crippen molar-refractivity contribution in [2.24, 2.45) is 0 Å². The van der Waals surface area contributed by atoms with Crippen molar-refractivity contribution < 1.29 is 18.4 Å². The summed E-state index contributed by atoms with van der Waals surface area (Å²) in [5.41, 5.74) is 0.765. The molecule has 0 radical (unpaired) electrons. The maximum atomic E-state index is 13.6. The summed E-state index contributed by atoms with van der Waals surface area (Å²) in [4.78, 5) is 23.9. The largest absolute Gasteiger partial charge is 0.374 e. The standard InChI is InChI=1S/C19H20F2N4O2/c1-11(18(26)25-17-15(20)3-2-4-16(17)21)22-12-5-7-13(8-6-12)23-19(27)24-14-9-10-14/h2-8,11,14,22H,9-10H2,1H3,(H,25,26)(H2,23,24,27). The van der Waals surface area contributed by atoms with Crippen LogP contribution in [0.1, 0.15) is 19.8 Å². The van der Waals surface area contributed by atoms with Gasteiger partial charge in [0.2, 0.25) is 5.91 Å². The summed E-state index contributed by atoms with van der Waals surface area (Å²) in [7, 11) is 0. The van der Waals surface area contributed by atoms with Gasteiger partial charge >= 0.3 is 6.03 Å². The Hall–Kier alpha value is -3.16. The van der Waals surface area contributed by atoms with Gasteiger partial charge in [-0.2, -0.15) is 0 Å². The zero-order valence-corrected chi connectivity index (χ0v) is 14.7. The highest BCUT2D eigenvalue weighted by Gasteiger charge is 2.23. The number of anilines is 3. The first kappa shape index (κ1) is 18.6. The maximum absolute atomic E-state index is 13.6. The minimum atomic E-state index is -0.838. The number of amides is 3. The molecule has 3 amide bonds. The van der Waals surface area contributed by atoms with Gasteiger partial charge in [0.05, 0.1) is 0 Å². The van der Waals surface area contributed by atoms with Crippen molar-refractivity contribution in [3.05, 3.63) is 54.1 Å². The second kappa shape index (κ2) is 8.03. The SMILES string of the molecule is CC(Nc1ccc(NC(=O)NC2CC2)cc1)C(=O)Nc1c(F)cccc1F. The van der Waals surface area contributed by atoms with E-state index in [1.807, 2.05) is 0 Å². The van der Waals surface area contributed by atoms with Crippen LogP contribution in [0.15, 0.2) is 42.5 Å². The Balaban J connectivity index is 1.54. The van der Waals surface area contributed by atoms with Gasteiger partial charge in [-0.15, -0.1) is 0 Å². The van der Waals surface area contributed by atoms with Crippen LogP contribution in [0.3, 0.4) is 0 Å². The molecule has 0 heterocycles. The van der Waals surface area contributed by atoms with E-state index in [2.05, 4.69) is 21.3 Å². The zero-order valence-electron chi connectivity index (χ0n) is 14.7. The van der Waals surface area contributed by atoms with Gasteiger partial charge in [-0.05, 0) is 56.2 Å². The second-order valence-corrected chi connectivity index (χ2v) is 6.40. The van der Waals surface area contributed by atoms with Crippen molar-refractivity contribution >= 4 is 29.0 Å². The minimum absolute atomic E-state index is 0.252. The summed E-state index contributed by atoms with van der Waals surface area (Å²) in [6, 6.07) is 9.42. The first-order chi connectivity index (χ1) is 12.9. The molecule has 1 unspecified atom stereocenters. The van der Waals surface area contributed by atoms with Crippen LogP contribution in [-0.2, 0) is 4.79 Å². The first-order valence-corrected chi connectivity index (χ1v) is 8.61. The third-order valence-corrected chi connectivity index (χ3v) is 4.04. The summed E-state index contributed by atoms with van der Waals surface area (Å²) >= 11 is 0. The topological polar surface area (TPSA) is 82.3 Å². The van der Waals surface area contributed by atoms with Crippen molar-refractivity contribution in [1.82, 2.24) is 5.32 Å². The molecule has 6 nitrogen and oxygen atoms in total. The van der Waals surface area contributed by atoms with E-state index in [1.54, 1.807) is 31.2 Å². The van der Waals surface area contributed by atoms with E-state index in [4.69, 9.17) is 0 Å². The fourth-order valence-corrected chi connectivity index (χ4v) is 2.39. The van der Waals surface area contributed by atoms with Crippen LogP contribution in [-0.4, -0.2) is 24.0 Å². The van der Waals surface area contributed by atoms with Gasteiger partial charge in [0, 0.05) is 17.4 Å². The van der Waals surface area contributed by atoms with Gasteiger partial charge < -0.3 is 21.3 Å². The molecule has 4 N–H and O–H groups in total. The van der Waals surface area contributed by atoms with E-state index in [-0.39, 0.29) is 12.1 Å². The van der Waals surface area contributed by atoms with Crippen LogP contribution in [0.25, 0.3) is 0 Å². The molecule has 1 aliphatic rings. The normalized spacial score (nSPS) is 14.2. The highest BCUT2D eigenvalue weighted by Crippen LogP contribution is 2.20. The van der Waals surface area contributed by atoms with E-state index in [0.717, 1.165) is 25.0 Å². The maximum Gasteiger partial charge on any atom is 0.319 e. The number of para-hydroxylation sites is 1. The number of nitrogens with one attached hydrogen (secondary N) is 4. The third kappa shape index (κ3) is 5.16. The van der Waals surface area contributed by atoms with Crippen LogP contribution in [0.5, 0.6) is 0 Å². The molecule has 1 aliphatic carbocycles. The second-order valence-electron chi connectivity index (χ2n) is 6.40. The Morgan fingerprint density at radius 3 is 2.15 bits per heavy atom. The van der Waals surface area contributed by atoms with Crippen molar-refractivity contribution in [1.29, 1.82) is 0 Å². The molecular weight excluding hydrogens is 354 g/mol. The van der Waals surface area contributed by atoms with Gasteiger partial charge in [-0.1, -0.05) is 6.07 Å². The predicted molar refractivity (Wildman–Crippen MR) is 99.7 cm³/mol. The predicted octanol–water partition coefficient (Wildman–Crippen LogP) is 3.69. The van der Waals surface area contributed by atoms with Crippen LogP contribution in [0.4, 0.5) is 30.6 Å². The number of hydrogen-bond donors (Lipinski definition) is 4. The molecule has 142 valence electrons. The Bertz CT molecular complexity index is 818. The monoisotopic (exact) mass is 374 g/mol. The Kier molecular flexibility index (Phi) is 5.54. The number of carbonyl (C=O) groups excluding carboxylic acids is 2.